The molecule has 0 saturated carbocycles. The van der Waals surface area contributed by atoms with Crippen LogP contribution < -0.4 is 10.6 Å². The number of rotatable bonds is 6. The molecule has 0 aliphatic carbocycles. The van der Waals surface area contributed by atoms with Crippen LogP contribution in [-0.4, -0.2) is 36.1 Å². The maximum absolute atomic E-state index is 11.8. The quantitative estimate of drug-likeness (QED) is 0.728. The summed E-state index contributed by atoms with van der Waals surface area (Å²) in [5.74, 6) is -0.751. The number of aliphatic hydroxyl groups excluding tert-OH is 1. The van der Waals surface area contributed by atoms with Crippen LogP contribution in [0.4, 0.5) is 0 Å². The minimum Gasteiger partial charge on any atom is -0.394 e. The lowest BCUT2D eigenvalue weighted by molar-refractivity contribution is -0.121. The van der Waals surface area contributed by atoms with Gasteiger partial charge in [0, 0.05) is 0 Å². The van der Waals surface area contributed by atoms with Crippen molar-refractivity contribution in [3.63, 3.8) is 0 Å². The molecule has 1 aromatic carbocycles. The molecule has 0 bridgehead atoms. The first-order valence-electron chi connectivity index (χ1n) is 6.01. The number of benzene rings is 1. The monoisotopic (exact) mass is 284 g/mol. The van der Waals surface area contributed by atoms with Crippen molar-refractivity contribution in [1.82, 2.24) is 10.6 Å². The molecule has 1 atom stereocenters. The highest BCUT2D eigenvalue weighted by Gasteiger charge is 2.12. The Kier molecular flexibility index (Phi) is 6.32. The van der Waals surface area contributed by atoms with E-state index in [0.717, 1.165) is 0 Å². The van der Waals surface area contributed by atoms with E-state index in [0.29, 0.717) is 17.0 Å². The van der Waals surface area contributed by atoms with Gasteiger partial charge in [-0.1, -0.05) is 30.7 Å². The third-order valence-corrected chi connectivity index (χ3v) is 2.94. The van der Waals surface area contributed by atoms with Gasteiger partial charge in [0.05, 0.1) is 29.8 Å². The normalized spacial score (nSPS) is 11.7. The van der Waals surface area contributed by atoms with Gasteiger partial charge in [-0.3, -0.25) is 9.59 Å². The number of hydrogen-bond acceptors (Lipinski definition) is 3. The average Bonchev–Trinajstić information content (AvgIpc) is 2.42. The number of carbonyl (C=O) groups is 2. The molecule has 6 heteroatoms. The summed E-state index contributed by atoms with van der Waals surface area (Å²) in [5.41, 5.74) is 0.325. The molecule has 0 aliphatic rings. The van der Waals surface area contributed by atoms with Crippen molar-refractivity contribution in [3.8, 4) is 0 Å². The third kappa shape index (κ3) is 4.89. The molecular formula is C13H17ClN2O3. The predicted molar refractivity (Wildman–Crippen MR) is 73.1 cm³/mol. The van der Waals surface area contributed by atoms with E-state index in [1.165, 1.54) is 0 Å². The summed E-state index contributed by atoms with van der Waals surface area (Å²) in [7, 11) is 0. The van der Waals surface area contributed by atoms with Crippen molar-refractivity contribution < 1.29 is 14.7 Å². The van der Waals surface area contributed by atoms with E-state index in [1.807, 2.05) is 6.92 Å². The van der Waals surface area contributed by atoms with E-state index in [9.17, 15) is 9.59 Å². The molecule has 0 fully saturated rings. The largest absolute Gasteiger partial charge is 0.394 e. The van der Waals surface area contributed by atoms with Crippen molar-refractivity contribution in [1.29, 1.82) is 0 Å². The third-order valence-electron chi connectivity index (χ3n) is 2.61. The van der Waals surface area contributed by atoms with Crippen LogP contribution in [0, 0.1) is 0 Å². The molecule has 0 aromatic heterocycles. The molecule has 5 nitrogen and oxygen atoms in total. The van der Waals surface area contributed by atoms with Gasteiger partial charge in [0.25, 0.3) is 5.91 Å². The van der Waals surface area contributed by atoms with Crippen LogP contribution in [-0.2, 0) is 4.79 Å². The molecule has 0 saturated heterocycles. The second kappa shape index (κ2) is 7.76. The number of amides is 2. The van der Waals surface area contributed by atoms with E-state index in [-0.39, 0.29) is 25.1 Å². The average molecular weight is 285 g/mol. The lowest BCUT2D eigenvalue weighted by atomic mass is 10.2. The van der Waals surface area contributed by atoms with Gasteiger partial charge in [0.1, 0.15) is 0 Å². The van der Waals surface area contributed by atoms with Gasteiger partial charge in [-0.15, -0.1) is 0 Å². The van der Waals surface area contributed by atoms with Crippen LogP contribution in [0.3, 0.4) is 0 Å². The van der Waals surface area contributed by atoms with Gasteiger partial charge in [-0.2, -0.15) is 0 Å². The maximum Gasteiger partial charge on any atom is 0.253 e. The number of hydrogen-bond donors (Lipinski definition) is 3. The Bertz CT molecular complexity index is 447. The zero-order chi connectivity index (χ0) is 14.3. The van der Waals surface area contributed by atoms with Gasteiger partial charge in [0.2, 0.25) is 5.91 Å². The molecule has 19 heavy (non-hydrogen) atoms. The predicted octanol–water partition coefficient (Wildman–Crippen LogP) is 0.957. The molecule has 2 amide bonds. The van der Waals surface area contributed by atoms with Gasteiger partial charge in [-0.25, -0.2) is 0 Å². The SMILES string of the molecule is CC[C@@H](CO)NC(=O)CNC(=O)c1ccccc1Cl. The van der Waals surface area contributed by atoms with Crippen LogP contribution in [0.2, 0.25) is 5.02 Å². The molecule has 0 unspecified atom stereocenters. The maximum atomic E-state index is 11.8. The summed E-state index contributed by atoms with van der Waals surface area (Å²) in [6, 6.07) is 6.32. The highest BCUT2D eigenvalue weighted by Crippen LogP contribution is 2.14. The standard InChI is InChI=1S/C13H17ClN2O3/c1-2-9(8-17)16-12(18)7-15-13(19)10-5-3-4-6-11(10)14/h3-6,9,17H,2,7-8H2,1H3,(H,15,19)(H,16,18)/t9-/m0/s1. The summed E-state index contributed by atoms with van der Waals surface area (Å²) < 4.78 is 0. The molecule has 3 N–H and O–H groups in total. The fourth-order valence-corrected chi connectivity index (χ4v) is 1.68. The van der Waals surface area contributed by atoms with E-state index in [2.05, 4.69) is 10.6 Å². The van der Waals surface area contributed by atoms with Gasteiger partial charge in [-0.05, 0) is 18.6 Å². The number of halogens is 1. The Labute approximate surface area is 117 Å². The molecule has 0 spiro atoms. The second-order valence-corrected chi connectivity index (χ2v) is 4.42. The van der Waals surface area contributed by atoms with Gasteiger partial charge < -0.3 is 15.7 Å². The van der Waals surface area contributed by atoms with Crippen LogP contribution in [0.5, 0.6) is 0 Å². The Morgan fingerprint density at radius 3 is 2.63 bits per heavy atom. The topological polar surface area (TPSA) is 78.4 Å². The van der Waals surface area contributed by atoms with E-state index in [1.54, 1.807) is 24.3 Å². The Morgan fingerprint density at radius 2 is 2.05 bits per heavy atom. The van der Waals surface area contributed by atoms with Crippen molar-refractivity contribution in [2.24, 2.45) is 0 Å². The first-order chi connectivity index (χ1) is 9.08. The van der Waals surface area contributed by atoms with Crippen LogP contribution in [0.15, 0.2) is 24.3 Å². The number of carbonyl (C=O) groups excluding carboxylic acids is 2. The second-order valence-electron chi connectivity index (χ2n) is 4.02. The van der Waals surface area contributed by atoms with Crippen molar-refractivity contribution in [2.45, 2.75) is 19.4 Å². The molecule has 1 aromatic rings. The van der Waals surface area contributed by atoms with Crippen LogP contribution in [0.25, 0.3) is 0 Å². The molecule has 104 valence electrons. The van der Waals surface area contributed by atoms with Crippen LogP contribution >= 0.6 is 11.6 Å². The lowest BCUT2D eigenvalue weighted by Crippen LogP contribution is -2.43. The van der Waals surface area contributed by atoms with Gasteiger partial charge in [0.15, 0.2) is 0 Å². The van der Waals surface area contributed by atoms with E-state index >= 15 is 0 Å². The smallest absolute Gasteiger partial charge is 0.253 e. The number of aliphatic hydroxyl groups is 1. The molecule has 0 heterocycles. The minimum atomic E-state index is -0.405. The van der Waals surface area contributed by atoms with Gasteiger partial charge >= 0.3 is 0 Å². The first-order valence-corrected chi connectivity index (χ1v) is 6.39. The fraction of sp³-hybridized carbons (Fsp3) is 0.385. The Balaban J connectivity index is 2.47. The van der Waals surface area contributed by atoms with Crippen molar-refractivity contribution in [3.05, 3.63) is 34.9 Å². The zero-order valence-corrected chi connectivity index (χ0v) is 11.4. The fourth-order valence-electron chi connectivity index (χ4n) is 1.46. The Morgan fingerprint density at radius 1 is 1.37 bits per heavy atom. The highest BCUT2D eigenvalue weighted by molar-refractivity contribution is 6.33. The molecule has 1 rings (SSSR count). The van der Waals surface area contributed by atoms with Crippen molar-refractivity contribution >= 4 is 23.4 Å². The Hall–Kier alpha value is -1.59. The molecule has 0 aliphatic heterocycles. The first kappa shape index (κ1) is 15.5. The number of nitrogens with one attached hydrogen (secondary N) is 2. The molecule has 0 radical (unpaired) electrons. The highest BCUT2D eigenvalue weighted by atomic mass is 35.5. The minimum absolute atomic E-state index is 0.124. The summed E-state index contributed by atoms with van der Waals surface area (Å²) in [5, 5.41) is 14.4. The zero-order valence-electron chi connectivity index (χ0n) is 10.6. The summed E-state index contributed by atoms with van der Waals surface area (Å²) in [4.78, 5) is 23.3. The van der Waals surface area contributed by atoms with E-state index in [4.69, 9.17) is 16.7 Å². The summed E-state index contributed by atoms with van der Waals surface area (Å²) in [6.45, 7) is 1.57. The summed E-state index contributed by atoms with van der Waals surface area (Å²) in [6.07, 6.45) is 0.626. The van der Waals surface area contributed by atoms with Crippen molar-refractivity contribution in [2.75, 3.05) is 13.2 Å². The van der Waals surface area contributed by atoms with E-state index < -0.39 is 5.91 Å². The molecular weight excluding hydrogens is 268 g/mol. The van der Waals surface area contributed by atoms with Crippen LogP contribution in [0.1, 0.15) is 23.7 Å². The lowest BCUT2D eigenvalue weighted by Gasteiger charge is -2.14. The summed E-state index contributed by atoms with van der Waals surface area (Å²) >= 11 is 5.87.